The average Bonchev–Trinajstić information content (AvgIpc) is 2.45. The summed E-state index contributed by atoms with van der Waals surface area (Å²) in [5.74, 6) is 1.05. The monoisotopic (exact) mass is 247 g/mol. The molecule has 18 heavy (non-hydrogen) atoms. The van der Waals surface area contributed by atoms with Crippen molar-refractivity contribution in [1.29, 1.82) is 0 Å². The maximum atomic E-state index is 5.52. The lowest BCUT2D eigenvalue weighted by atomic mass is 9.94. The van der Waals surface area contributed by atoms with E-state index >= 15 is 0 Å². The van der Waals surface area contributed by atoms with Crippen molar-refractivity contribution < 1.29 is 4.74 Å². The molecule has 1 saturated heterocycles. The molecule has 1 heterocycles. The first kappa shape index (κ1) is 13.4. The van der Waals surface area contributed by atoms with E-state index in [1.54, 1.807) is 7.11 Å². The van der Waals surface area contributed by atoms with Gasteiger partial charge in [-0.3, -0.25) is 4.90 Å². The smallest absolute Gasteiger partial charge is 0.123 e. The number of para-hydroxylation sites is 1. The van der Waals surface area contributed by atoms with Crippen molar-refractivity contribution >= 4 is 0 Å². The van der Waals surface area contributed by atoms with Crippen molar-refractivity contribution in [3.05, 3.63) is 29.8 Å². The van der Waals surface area contributed by atoms with E-state index in [0.29, 0.717) is 6.04 Å². The number of methoxy groups -OCH3 is 1. The predicted octanol–water partition coefficient (Wildman–Crippen LogP) is 4.02. The number of unbranched alkanes of at least 4 members (excludes halogenated alkanes) is 1. The summed E-state index contributed by atoms with van der Waals surface area (Å²) in [5.41, 5.74) is 1.37. The van der Waals surface area contributed by atoms with Crippen molar-refractivity contribution in [2.75, 3.05) is 20.2 Å². The Morgan fingerprint density at radius 3 is 2.89 bits per heavy atom. The Morgan fingerprint density at radius 1 is 1.28 bits per heavy atom. The molecule has 0 aromatic heterocycles. The fourth-order valence-corrected chi connectivity index (χ4v) is 2.91. The topological polar surface area (TPSA) is 12.5 Å². The molecule has 0 bridgehead atoms. The van der Waals surface area contributed by atoms with Crippen molar-refractivity contribution in [2.45, 2.75) is 45.1 Å². The number of hydrogen-bond donors (Lipinski definition) is 0. The summed E-state index contributed by atoms with van der Waals surface area (Å²) in [4.78, 5) is 2.64. The summed E-state index contributed by atoms with van der Waals surface area (Å²) in [5, 5.41) is 0. The van der Waals surface area contributed by atoms with E-state index in [1.807, 2.05) is 0 Å². The van der Waals surface area contributed by atoms with Gasteiger partial charge >= 0.3 is 0 Å². The molecule has 1 aromatic carbocycles. The molecule has 100 valence electrons. The summed E-state index contributed by atoms with van der Waals surface area (Å²) >= 11 is 0. The Morgan fingerprint density at radius 2 is 2.11 bits per heavy atom. The molecule has 0 unspecified atom stereocenters. The fourth-order valence-electron chi connectivity index (χ4n) is 2.91. The van der Waals surface area contributed by atoms with Gasteiger partial charge in [0, 0.05) is 11.6 Å². The minimum Gasteiger partial charge on any atom is -0.496 e. The van der Waals surface area contributed by atoms with Crippen LogP contribution in [0.3, 0.4) is 0 Å². The molecular weight excluding hydrogens is 222 g/mol. The number of rotatable bonds is 5. The summed E-state index contributed by atoms with van der Waals surface area (Å²) in [7, 11) is 1.78. The zero-order chi connectivity index (χ0) is 12.8. The minimum absolute atomic E-state index is 0.557. The highest BCUT2D eigenvalue weighted by molar-refractivity contribution is 5.36. The normalized spacial score (nSPS) is 20.9. The Balaban J connectivity index is 2.16. The Bertz CT molecular complexity index is 364. The van der Waals surface area contributed by atoms with E-state index in [0.717, 1.165) is 5.75 Å². The van der Waals surface area contributed by atoms with Crippen molar-refractivity contribution in [3.63, 3.8) is 0 Å². The zero-order valence-corrected chi connectivity index (χ0v) is 11.7. The van der Waals surface area contributed by atoms with Gasteiger partial charge in [0.25, 0.3) is 0 Å². The van der Waals surface area contributed by atoms with Gasteiger partial charge in [0.1, 0.15) is 5.75 Å². The van der Waals surface area contributed by atoms with E-state index in [9.17, 15) is 0 Å². The van der Waals surface area contributed by atoms with Gasteiger partial charge < -0.3 is 4.74 Å². The lowest BCUT2D eigenvalue weighted by Gasteiger charge is -2.36. The molecular formula is C16H25NO. The molecule has 1 aliphatic rings. The maximum Gasteiger partial charge on any atom is 0.123 e. The molecule has 1 atom stereocenters. The molecule has 0 saturated carbocycles. The number of benzene rings is 1. The first-order valence-corrected chi connectivity index (χ1v) is 7.23. The third kappa shape index (κ3) is 3.05. The summed E-state index contributed by atoms with van der Waals surface area (Å²) in [6.07, 6.45) is 6.52. The van der Waals surface area contributed by atoms with Crippen LogP contribution >= 0.6 is 0 Å². The van der Waals surface area contributed by atoms with E-state index in [-0.39, 0.29) is 0 Å². The third-order valence-electron chi connectivity index (χ3n) is 3.91. The Hall–Kier alpha value is -1.02. The molecule has 1 fully saturated rings. The van der Waals surface area contributed by atoms with Crippen LogP contribution in [-0.2, 0) is 0 Å². The molecule has 1 aliphatic heterocycles. The quantitative estimate of drug-likeness (QED) is 0.779. The lowest BCUT2D eigenvalue weighted by Crippen LogP contribution is -2.34. The second-order valence-electron chi connectivity index (χ2n) is 5.14. The van der Waals surface area contributed by atoms with Crippen LogP contribution in [0.2, 0.25) is 0 Å². The molecule has 0 N–H and O–H groups in total. The molecule has 2 nitrogen and oxygen atoms in total. The SMILES string of the molecule is CCCCN1CCCC[C@@H]1c1ccccc1OC. The Labute approximate surface area is 111 Å². The van der Waals surface area contributed by atoms with E-state index in [1.165, 1.54) is 50.8 Å². The number of nitrogens with zero attached hydrogens (tertiary/aromatic N) is 1. The number of ether oxygens (including phenoxy) is 1. The van der Waals surface area contributed by atoms with Crippen LogP contribution in [0.4, 0.5) is 0 Å². The van der Waals surface area contributed by atoms with Gasteiger partial charge in [0.05, 0.1) is 7.11 Å². The minimum atomic E-state index is 0.557. The van der Waals surface area contributed by atoms with Gasteiger partial charge in [0.15, 0.2) is 0 Å². The molecule has 2 heteroatoms. The molecule has 0 radical (unpaired) electrons. The molecule has 0 aliphatic carbocycles. The number of likely N-dealkylation sites (tertiary alicyclic amines) is 1. The predicted molar refractivity (Wildman–Crippen MR) is 76.1 cm³/mol. The van der Waals surface area contributed by atoms with Crippen LogP contribution in [0.15, 0.2) is 24.3 Å². The maximum absolute atomic E-state index is 5.52. The standard InChI is InChI=1S/C16H25NO/c1-3-4-12-17-13-8-7-10-15(17)14-9-5-6-11-16(14)18-2/h5-6,9,11,15H,3-4,7-8,10,12-13H2,1-2H3/t15-/m1/s1. The highest BCUT2D eigenvalue weighted by Gasteiger charge is 2.25. The van der Waals surface area contributed by atoms with Crippen LogP contribution in [-0.4, -0.2) is 25.1 Å². The van der Waals surface area contributed by atoms with Crippen LogP contribution in [0.1, 0.15) is 50.6 Å². The van der Waals surface area contributed by atoms with Crippen molar-refractivity contribution in [3.8, 4) is 5.75 Å². The molecule has 1 aromatic rings. The van der Waals surface area contributed by atoms with Crippen LogP contribution in [0.5, 0.6) is 5.75 Å². The molecule has 0 amide bonds. The second-order valence-corrected chi connectivity index (χ2v) is 5.14. The van der Waals surface area contributed by atoms with Gasteiger partial charge in [-0.05, 0) is 38.4 Å². The highest BCUT2D eigenvalue weighted by Crippen LogP contribution is 2.35. The first-order chi connectivity index (χ1) is 8.86. The van der Waals surface area contributed by atoms with Crippen LogP contribution < -0.4 is 4.74 Å². The largest absolute Gasteiger partial charge is 0.496 e. The van der Waals surface area contributed by atoms with E-state index in [2.05, 4.69) is 36.1 Å². The van der Waals surface area contributed by atoms with E-state index in [4.69, 9.17) is 4.74 Å². The van der Waals surface area contributed by atoms with Gasteiger partial charge in [0.2, 0.25) is 0 Å². The van der Waals surface area contributed by atoms with Crippen molar-refractivity contribution in [2.24, 2.45) is 0 Å². The average molecular weight is 247 g/mol. The summed E-state index contributed by atoms with van der Waals surface area (Å²) in [6, 6.07) is 9.06. The third-order valence-corrected chi connectivity index (χ3v) is 3.91. The van der Waals surface area contributed by atoms with Gasteiger partial charge in [-0.1, -0.05) is 38.0 Å². The van der Waals surface area contributed by atoms with Crippen molar-refractivity contribution in [1.82, 2.24) is 4.90 Å². The van der Waals surface area contributed by atoms with Gasteiger partial charge in [-0.2, -0.15) is 0 Å². The van der Waals surface area contributed by atoms with Crippen LogP contribution in [0, 0.1) is 0 Å². The van der Waals surface area contributed by atoms with Gasteiger partial charge in [-0.15, -0.1) is 0 Å². The number of hydrogen-bond acceptors (Lipinski definition) is 2. The fraction of sp³-hybridized carbons (Fsp3) is 0.625. The molecule has 2 rings (SSSR count). The van der Waals surface area contributed by atoms with Gasteiger partial charge in [-0.25, -0.2) is 0 Å². The van der Waals surface area contributed by atoms with E-state index < -0.39 is 0 Å². The van der Waals surface area contributed by atoms with Crippen LogP contribution in [0.25, 0.3) is 0 Å². The lowest BCUT2D eigenvalue weighted by molar-refractivity contribution is 0.144. The zero-order valence-electron chi connectivity index (χ0n) is 11.7. The second kappa shape index (κ2) is 6.79. The highest BCUT2D eigenvalue weighted by atomic mass is 16.5. The first-order valence-electron chi connectivity index (χ1n) is 7.23. The molecule has 0 spiro atoms. The summed E-state index contributed by atoms with van der Waals surface area (Å²) < 4.78 is 5.52. The number of piperidine rings is 1. The Kier molecular flexibility index (Phi) is 5.06. The summed E-state index contributed by atoms with van der Waals surface area (Å²) in [6.45, 7) is 4.73.